The molecular weight excluding hydrogens is 278 g/mol. The molecule has 0 bridgehead atoms. The number of nitrogens with two attached hydrogens (primary N) is 1. The Balaban J connectivity index is 2.25. The molecule has 5 heteroatoms. The van der Waals surface area contributed by atoms with Gasteiger partial charge < -0.3 is 5.73 Å². The van der Waals surface area contributed by atoms with Crippen LogP contribution in [0.15, 0.2) is 48.5 Å². The topological polar surface area (TPSA) is 38.9 Å². The summed E-state index contributed by atoms with van der Waals surface area (Å²) in [4.78, 5) is 4.68. The molecule has 0 atom stereocenters. The molecule has 2 N–H and O–H groups in total. The van der Waals surface area contributed by atoms with Gasteiger partial charge in [0.15, 0.2) is 5.13 Å². The third-order valence-corrected chi connectivity index (χ3v) is 3.81. The maximum absolute atomic E-state index is 13.9. The number of anilines is 1. The molecule has 20 heavy (non-hydrogen) atoms. The zero-order chi connectivity index (χ0) is 14.1. The minimum atomic E-state index is -0.407. The summed E-state index contributed by atoms with van der Waals surface area (Å²) in [6, 6.07) is 12.6. The average Bonchev–Trinajstić information content (AvgIpc) is 2.81. The summed E-state index contributed by atoms with van der Waals surface area (Å²) in [6.45, 7) is 0. The highest BCUT2D eigenvalue weighted by atomic mass is 32.1. The van der Waals surface area contributed by atoms with Crippen molar-refractivity contribution in [3.8, 4) is 21.7 Å². The standard InChI is InChI=1S/C15H10F2N2S/c16-11-7-3-1-5-9(11)13-14(20-15(18)19-13)10-6-2-4-8-12(10)17/h1-8H,(H2,18,19). The second kappa shape index (κ2) is 5.02. The highest BCUT2D eigenvalue weighted by Gasteiger charge is 2.18. The van der Waals surface area contributed by atoms with Gasteiger partial charge in [-0.25, -0.2) is 13.8 Å². The van der Waals surface area contributed by atoms with Crippen LogP contribution < -0.4 is 5.73 Å². The van der Waals surface area contributed by atoms with Crippen molar-refractivity contribution in [3.05, 3.63) is 60.2 Å². The number of halogens is 2. The summed E-state index contributed by atoms with van der Waals surface area (Å²) in [5.41, 5.74) is 6.78. The predicted octanol–water partition coefficient (Wildman–Crippen LogP) is 4.34. The molecule has 2 nitrogen and oxygen atoms in total. The lowest BCUT2D eigenvalue weighted by atomic mass is 10.1. The van der Waals surface area contributed by atoms with Gasteiger partial charge in [-0.3, -0.25) is 0 Å². The van der Waals surface area contributed by atoms with Gasteiger partial charge in [0.2, 0.25) is 0 Å². The van der Waals surface area contributed by atoms with Crippen LogP contribution in [0.1, 0.15) is 0 Å². The fourth-order valence-electron chi connectivity index (χ4n) is 2.00. The molecule has 0 amide bonds. The highest BCUT2D eigenvalue weighted by molar-refractivity contribution is 7.19. The Kier molecular flexibility index (Phi) is 3.20. The molecule has 3 aromatic rings. The molecule has 0 aliphatic heterocycles. The van der Waals surface area contributed by atoms with E-state index in [1.807, 2.05) is 0 Å². The third kappa shape index (κ3) is 2.16. The molecule has 0 aliphatic rings. The Hall–Kier alpha value is -2.27. The van der Waals surface area contributed by atoms with Gasteiger partial charge in [0.05, 0.1) is 10.6 Å². The van der Waals surface area contributed by atoms with Crippen molar-refractivity contribution in [2.75, 3.05) is 5.73 Å². The van der Waals surface area contributed by atoms with Crippen LogP contribution in [-0.4, -0.2) is 4.98 Å². The van der Waals surface area contributed by atoms with E-state index in [4.69, 9.17) is 5.73 Å². The first kappa shape index (κ1) is 12.7. The number of nitrogen functional groups attached to an aromatic ring is 1. The minimum Gasteiger partial charge on any atom is -0.375 e. The Morgan fingerprint density at radius 1 is 0.850 bits per heavy atom. The van der Waals surface area contributed by atoms with Crippen LogP contribution in [-0.2, 0) is 0 Å². The van der Waals surface area contributed by atoms with Gasteiger partial charge in [0, 0.05) is 11.1 Å². The average molecular weight is 288 g/mol. The monoisotopic (exact) mass is 288 g/mol. The van der Waals surface area contributed by atoms with E-state index in [9.17, 15) is 8.78 Å². The predicted molar refractivity (Wildman–Crippen MR) is 77.3 cm³/mol. The first-order valence-corrected chi connectivity index (χ1v) is 6.74. The number of nitrogens with zero attached hydrogens (tertiary/aromatic N) is 1. The van der Waals surface area contributed by atoms with Gasteiger partial charge in [-0.05, 0) is 18.2 Å². The number of hydrogen-bond acceptors (Lipinski definition) is 3. The Morgan fingerprint density at radius 3 is 2.00 bits per heavy atom. The molecule has 1 heterocycles. The zero-order valence-corrected chi connectivity index (χ0v) is 11.1. The van der Waals surface area contributed by atoms with E-state index in [-0.39, 0.29) is 10.9 Å². The molecular formula is C15H10F2N2S. The zero-order valence-electron chi connectivity index (χ0n) is 10.3. The maximum atomic E-state index is 13.9. The SMILES string of the molecule is Nc1nc(-c2ccccc2F)c(-c2ccccc2F)s1. The molecule has 0 spiro atoms. The van der Waals surface area contributed by atoms with Crippen molar-refractivity contribution in [2.45, 2.75) is 0 Å². The van der Waals surface area contributed by atoms with E-state index >= 15 is 0 Å². The van der Waals surface area contributed by atoms with Crippen molar-refractivity contribution in [2.24, 2.45) is 0 Å². The maximum Gasteiger partial charge on any atom is 0.181 e. The highest BCUT2D eigenvalue weighted by Crippen LogP contribution is 2.39. The second-order valence-electron chi connectivity index (χ2n) is 4.19. The van der Waals surface area contributed by atoms with E-state index < -0.39 is 5.82 Å². The molecule has 100 valence electrons. The Labute approximate surface area is 118 Å². The van der Waals surface area contributed by atoms with Gasteiger partial charge in [0.1, 0.15) is 11.6 Å². The molecule has 2 aromatic carbocycles. The minimum absolute atomic E-state index is 0.279. The summed E-state index contributed by atoms with van der Waals surface area (Å²) in [7, 11) is 0. The fraction of sp³-hybridized carbons (Fsp3) is 0. The summed E-state index contributed by atoms with van der Waals surface area (Å²) < 4.78 is 27.8. The van der Waals surface area contributed by atoms with E-state index in [0.717, 1.165) is 11.3 Å². The first-order valence-electron chi connectivity index (χ1n) is 5.93. The van der Waals surface area contributed by atoms with Crippen LogP contribution in [0.4, 0.5) is 13.9 Å². The molecule has 0 saturated heterocycles. The van der Waals surface area contributed by atoms with Gasteiger partial charge >= 0.3 is 0 Å². The van der Waals surface area contributed by atoms with Crippen molar-refractivity contribution in [1.29, 1.82) is 0 Å². The lowest BCUT2D eigenvalue weighted by Crippen LogP contribution is -1.89. The normalized spacial score (nSPS) is 10.7. The van der Waals surface area contributed by atoms with Crippen LogP contribution in [0, 0.1) is 11.6 Å². The fourth-order valence-corrected chi connectivity index (χ4v) is 2.87. The number of rotatable bonds is 2. The van der Waals surface area contributed by atoms with Crippen LogP contribution in [0.5, 0.6) is 0 Å². The number of benzene rings is 2. The summed E-state index contributed by atoms with van der Waals surface area (Å²) in [5.74, 6) is -0.788. The van der Waals surface area contributed by atoms with E-state index in [2.05, 4.69) is 4.98 Å². The number of thiazole rings is 1. The van der Waals surface area contributed by atoms with E-state index in [1.54, 1.807) is 36.4 Å². The molecule has 0 aliphatic carbocycles. The van der Waals surface area contributed by atoms with Crippen molar-refractivity contribution >= 4 is 16.5 Å². The number of aromatic nitrogens is 1. The van der Waals surface area contributed by atoms with Crippen molar-refractivity contribution < 1.29 is 8.78 Å². The summed E-state index contributed by atoms with van der Waals surface area (Å²) >= 11 is 1.15. The van der Waals surface area contributed by atoms with E-state index in [0.29, 0.717) is 21.7 Å². The molecule has 1 aromatic heterocycles. The Morgan fingerprint density at radius 2 is 1.40 bits per heavy atom. The van der Waals surface area contributed by atoms with Crippen molar-refractivity contribution in [3.63, 3.8) is 0 Å². The van der Waals surface area contributed by atoms with Crippen LogP contribution in [0.25, 0.3) is 21.7 Å². The second-order valence-corrected chi connectivity index (χ2v) is 5.22. The molecule has 3 rings (SSSR count). The molecule has 0 saturated carbocycles. The quantitative estimate of drug-likeness (QED) is 0.762. The lowest BCUT2D eigenvalue weighted by Gasteiger charge is -2.04. The molecule has 0 unspecified atom stereocenters. The lowest BCUT2D eigenvalue weighted by molar-refractivity contribution is 0.629. The smallest absolute Gasteiger partial charge is 0.181 e. The number of hydrogen-bond donors (Lipinski definition) is 1. The largest absolute Gasteiger partial charge is 0.375 e. The first-order chi connectivity index (χ1) is 9.66. The van der Waals surface area contributed by atoms with Crippen LogP contribution in [0.3, 0.4) is 0 Å². The van der Waals surface area contributed by atoms with Crippen molar-refractivity contribution in [1.82, 2.24) is 4.98 Å². The van der Waals surface area contributed by atoms with Gasteiger partial charge in [-0.1, -0.05) is 41.7 Å². The van der Waals surface area contributed by atoms with Gasteiger partial charge in [-0.2, -0.15) is 0 Å². The van der Waals surface area contributed by atoms with E-state index in [1.165, 1.54) is 12.1 Å². The van der Waals surface area contributed by atoms with Crippen LogP contribution >= 0.6 is 11.3 Å². The van der Waals surface area contributed by atoms with Gasteiger partial charge in [0.25, 0.3) is 0 Å². The van der Waals surface area contributed by atoms with Crippen LogP contribution in [0.2, 0.25) is 0 Å². The Bertz CT molecular complexity index is 705. The molecule has 0 radical (unpaired) electrons. The van der Waals surface area contributed by atoms with Gasteiger partial charge in [-0.15, -0.1) is 0 Å². The molecule has 0 fully saturated rings. The summed E-state index contributed by atoms with van der Waals surface area (Å²) in [5, 5.41) is 0.279. The summed E-state index contributed by atoms with van der Waals surface area (Å²) in [6.07, 6.45) is 0. The third-order valence-electron chi connectivity index (χ3n) is 2.89.